The zero-order valence-corrected chi connectivity index (χ0v) is 12.5. The minimum atomic E-state index is -0.432. The Kier molecular flexibility index (Phi) is 3.21. The summed E-state index contributed by atoms with van der Waals surface area (Å²) < 4.78 is 0. The number of nitrogens with two attached hydrogens (primary N) is 1. The Balaban J connectivity index is 1.79. The molecule has 0 atom stereocenters. The third-order valence-electron chi connectivity index (χ3n) is 4.13. The number of hydrogen-bond acceptors (Lipinski definition) is 6. The van der Waals surface area contributed by atoms with Gasteiger partial charge in [-0.05, 0) is 24.3 Å². The summed E-state index contributed by atoms with van der Waals surface area (Å²) in [4.78, 5) is 19.2. The Hall–Kier alpha value is -3.32. The quantitative estimate of drug-likeness (QED) is 0.453. The van der Waals surface area contributed by atoms with Gasteiger partial charge in [0.25, 0.3) is 5.69 Å². The van der Waals surface area contributed by atoms with Crippen molar-refractivity contribution in [3.63, 3.8) is 0 Å². The Morgan fingerprint density at radius 1 is 0.958 bits per heavy atom. The topological polar surface area (TPSA) is 98.2 Å². The van der Waals surface area contributed by atoms with Crippen molar-refractivity contribution < 1.29 is 4.92 Å². The molecule has 0 saturated carbocycles. The molecule has 0 fully saturated rings. The van der Waals surface area contributed by atoms with Crippen molar-refractivity contribution in [3.05, 3.63) is 82.2 Å². The third-order valence-corrected chi connectivity index (χ3v) is 4.13. The van der Waals surface area contributed by atoms with Gasteiger partial charge < -0.3 is 0 Å². The van der Waals surface area contributed by atoms with E-state index in [1.54, 1.807) is 29.5 Å². The fourth-order valence-electron chi connectivity index (χ4n) is 3.04. The van der Waals surface area contributed by atoms with Crippen LogP contribution in [-0.4, -0.2) is 14.9 Å². The first-order valence-electron chi connectivity index (χ1n) is 7.35. The molecule has 1 aliphatic carbocycles. The summed E-state index contributed by atoms with van der Waals surface area (Å²) >= 11 is 0. The van der Waals surface area contributed by atoms with Gasteiger partial charge in [0, 0.05) is 35.7 Å². The molecule has 0 aliphatic heterocycles. The molecule has 4 rings (SSSR count). The van der Waals surface area contributed by atoms with E-state index in [-0.39, 0.29) is 11.7 Å². The van der Waals surface area contributed by atoms with Crippen LogP contribution >= 0.6 is 0 Å². The predicted molar refractivity (Wildman–Crippen MR) is 89.1 cm³/mol. The molecule has 7 nitrogen and oxygen atoms in total. The first kappa shape index (κ1) is 14.3. The lowest BCUT2D eigenvalue weighted by Gasteiger charge is -2.27. The van der Waals surface area contributed by atoms with Crippen LogP contribution in [0.5, 0.6) is 0 Å². The standard InChI is InChI=1S/C17H13N5O2/c18-21(11-5-7-12(8-6-11)22(23)24)17-13-3-1-9-19-15(13)16-14(17)4-2-10-20-16/h1-10,17H,18H2. The molecule has 1 aliphatic rings. The van der Waals surface area contributed by atoms with E-state index in [1.807, 2.05) is 24.3 Å². The molecule has 2 N–H and O–H groups in total. The molecule has 0 bridgehead atoms. The molecular weight excluding hydrogens is 306 g/mol. The average molecular weight is 319 g/mol. The van der Waals surface area contributed by atoms with Crippen LogP contribution < -0.4 is 10.9 Å². The summed E-state index contributed by atoms with van der Waals surface area (Å²) in [5, 5.41) is 12.4. The molecule has 0 radical (unpaired) electrons. The molecule has 0 amide bonds. The van der Waals surface area contributed by atoms with Crippen LogP contribution in [0.1, 0.15) is 17.2 Å². The van der Waals surface area contributed by atoms with Crippen LogP contribution in [0, 0.1) is 10.1 Å². The molecule has 3 aromatic rings. The van der Waals surface area contributed by atoms with Crippen LogP contribution in [0.25, 0.3) is 11.4 Å². The second-order valence-electron chi connectivity index (χ2n) is 5.47. The maximum Gasteiger partial charge on any atom is 0.269 e. The summed E-state index contributed by atoms with van der Waals surface area (Å²) in [7, 11) is 0. The number of fused-ring (bicyclic) bond motifs is 3. The van der Waals surface area contributed by atoms with Gasteiger partial charge in [0.1, 0.15) is 0 Å². The van der Waals surface area contributed by atoms with E-state index < -0.39 is 4.92 Å². The van der Waals surface area contributed by atoms with Gasteiger partial charge >= 0.3 is 0 Å². The molecule has 2 aromatic heterocycles. The molecule has 7 heteroatoms. The molecular formula is C17H13N5O2. The van der Waals surface area contributed by atoms with E-state index in [1.165, 1.54) is 12.1 Å². The number of nitro groups is 1. The van der Waals surface area contributed by atoms with E-state index >= 15 is 0 Å². The average Bonchev–Trinajstić information content (AvgIpc) is 2.96. The van der Waals surface area contributed by atoms with Crippen LogP contribution in [0.15, 0.2) is 60.9 Å². The highest BCUT2D eigenvalue weighted by atomic mass is 16.6. The highest BCUT2D eigenvalue weighted by Crippen LogP contribution is 2.44. The summed E-state index contributed by atoms with van der Waals surface area (Å²) in [6.07, 6.45) is 3.46. The van der Waals surface area contributed by atoms with Gasteiger partial charge in [0.2, 0.25) is 0 Å². The Labute approximate surface area is 137 Å². The summed E-state index contributed by atoms with van der Waals surface area (Å²) in [6.45, 7) is 0. The highest BCUT2D eigenvalue weighted by molar-refractivity contribution is 5.74. The fraction of sp³-hybridized carbons (Fsp3) is 0.0588. The largest absolute Gasteiger partial charge is 0.299 e. The SMILES string of the molecule is NN(c1ccc([N+](=O)[O-])cc1)C1c2cccnc2-c2ncccc21. The number of pyridine rings is 2. The number of nitro benzene ring substituents is 1. The van der Waals surface area contributed by atoms with Gasteiger partial charge in [-0.25, -0.2) is 5.84 Å². The molecule has 1 aromatic carbocycles. The van der Waals surface area contributed by atoms with Crippen molar-refractivity contribution in [1.82, 2.24) is 9.97 Å². The summed E-state index contributed by atoms with van der Waals surface area (Å²) in [5.74, 6) is 6.36. The molecule has 2 heterocycles. The third kappa shape index (κ3) is 2.10. The maximum atomic E-state index is 10.8. The lowest BCUT2D eigenvalue weighted by atomic mass is 10.1. The first-order chi connectivity index (χ1) is 11.7. The van der Waals surface area contributed by atoms with Crippen molar-refractivity contribution in [2.75, 3.05) is 5.01 Å². The first-order valence-corrected chi connectivity index (χ1v) is 7.35. The monoisotopic (exact) mass is 319 g/mol. The van der Waals surface area contributed by atoms with Crippen molar-refractivity contribution in [3.8, 4) is 11.4 Å². The number of aromatic nitrogens is 2. The molecule has 0 unspecified atom stereocenters. The van der Waals surface area contributed by atoms with Gasteiger partial charge in [-0.2, -0.15) is 0 Å². The van der Waals surface area contributed by atoms with Gasteiger partial charge in [-0.15, -0.1) is 0 Å². The van der Waals surface area contributed by atoms with Crippen molar-refractivity contribution in [1.29, 1.82) is 0 Å². The van der Waals surface area contributed by atoms with Crippen LogP contribution in [0.4, 0.5) is 11.4 Å². The summed E-state index contributed by atoms with van der Waals surface area (Å²) in [5.41, 5.74) is 4.27. The number of nitrogens with zero attached hydrogens (tertiary/aromatic N) is 4. The van der Waals surface area contributed by atoms with Crippen LogP contribution in [-0.2, 0) is 0 Å². The normalized spacial score (nSPS) is 12.5. The molecule has 24 heavy (non-hydrogen) atoms. The van der Waals surface area contributed by atoms with E-state index in [0.717, 1.165) is 22.5 Å². The zero-order valence-electron chi connectivity index (χ0n) is 12.5. The number of hydrazine groups is 1. The maximum absolute atomic E-state index is 10.8. The fourth-order valence-corrected chi connectivity index (χ4v) is 3.04. The van der Waals surface area contributed by atoms with Crippen LogP contribution in [0.2, 0.25) is 0 Å². The van der Waals surface area contributed by atoms with E-state index in [9.17, 15) is 10.1 Å². The number of non-ortho nitro benzene ring substituents is 1. The van der Waals surface area contributed by atoms with E-state index in [4.69, 9.17) is 5.84 Å². The van der Waals surface area contributed by atoms with Crippen molar-refractivity contribution in [2.24, 2.45) is 5.84 Å². The minimum absolute atomic E-state index is 0.0303. The lowest BCUT2D eigenvalue weighted by molar-refractivity contribution is -0.384. The second kappa shape index (κ2) is 5.39. The molecule has 0 saturated heterocycles. The number of rotatable bonds is 3. The van der Waals surface area contributed by atoms with E-state index in [2.05, 4.69) is 9.97 Å². The Bertz CT molecular complexity index is 881. The highest BCUT2D eigenvalue weighted by Gasteiger charge is 2.34. The van der Waals surface area contributed by atoms with Gasteiger partial charge in [-0.1, -0.05) is 12.1 Å². The molecule has 118 valence electrons. The summed E-state index contributed by atoms with van der Waals surface area (Å²) in [6, 6.07) is 13.6. The van der Waals surface area contributed by atoms with Gasteiger partial charge in [-0.3, -0.25) is 25.1 Å². The van der Waals surface area contributed by atoms with E-state index in [0.29, 0.717) is 5.69 Å². The minimum Gasteiger partial charge on any atom is -0.299 e. The number of anilines is 1. The molecule has 0 spiro atoms. The van der Waals surface area contributed by atoms with Crippen LogP contribution in [0.3, 0.4) is 0 Å². The van der Waals surface area contributed by atoms with Crippen molar-refractivity contribution in [2.45, 2.75) is 6.04 Å². The predicted octanol–water partition coefficient (Wildman–Crippen LogP) is 2.83. The zero-order chi connectivity index (χ0) is 16.7. The van der Waals surface area contributed by atoms with Crippen molar-refractivity contribution >= 4 is 11.4 Å². The smallest absolute Gasteiger partial charge is 0.269 e. The van der Waals surface area contributed by atoms with Gasteiger partial charge in [0.05, 0.1) is 28.0 Å². The number of benzene rings is 1. The number of hydrogen-bond donors (Lipinski definition) is 1. The Morgan fingerprint density at radius 3 is 2.00 bits per heavy atom. The second-order valence-corrected chi connectivity index (χ2v) is 5.47. The lowest BCUT2D eigenvalue weighted by Crippen LogP contribution is -2.35. The Morgan fingerprint density at radius 2 is 1.50 bits per heavy atom. The van der Waals surface area contributed by atoms with Gasteiger partial charge in [0.15, 0.2) is 0 Å².